The van der Waals surface area contributed by atoms with Gasteiger partial charge in [0.2, 0.25) is 0 Å². The Morgan fingerprint density at radius 2 is 2.00 bits per heavy atom. The van der Waals surface area contributed by atoms with Crippen LogP contribution in [0.1, 0.15) is 5.56 Å². The SMILES string of the molecule is O=C(O)C(Cc1ccc(O)c(O)c1)NO. The second kappa shape index (κ2) is 4.63. The fourth-order valence-corrected chi connectivity index (χ4v) is 1.12. The van der Waals surface area contributed by atoms with Crippen LogP contribution in [0.15, 0.2) is 18.2 Å². The van der Waals surface area contributed by atoms with E-state index in [1.807, 2.05) is 0 Å². The maximum Gasteiger partial charge on any atom is 0.323 e. The number of hydrogen-bond acceptors (Lipinski definition) is 5. The molecule has 0 heterocycles. The van der Waals surface area contributed by atoms with E-state index in [2.05, 4.69) is 0 Å². The second-order valence-corrected chi connectivity index (χ2v) is 3.05. The molecule has 0 bridgehead atoms. The van der Waals surface area contributed by atoms with Crippen LogP contribution in [-0.2, 0) is 11.2 Å². The van der Waals surface area contributed by atoms with E-state index in [1.54, 1.807) is 5.48 Å². The Morgan fingerprint density at radius 3 is 2.47 bits per heavy atom. The second-order valence-electron chi connectivity index (χ2n) is 3.05. The third-order valence-electron chi connectivity index (χ3n) is 1.93. The molecule has 0 radical (unpaired) electrons. The van der Waals surface area contributed by atoms with Gasteiger partial charge in [0.05, 0.1) is 0 Å². The van der Waals surface area contributed by atoms with E-state index in [9.17, 15) is 4.79 Å². The number of phenolic OH excluding ortho intramolecular Hbond substituents is 2. The van der Waals surface area contributed by atoms with Gasteiger partial charge in [-0.05, 0) is 17.7 Å². The van der Waals surface area contributed by atoms with E-state index in [-0.39, 0.29) is 17.9 Å². The van der Waals surface area contributed by atoms with E-state index in [1.165, 1.54) is 18.2 Å². The van der Waals surface area contributed by atoms with Gasteiger partial charge in [0, 0.05) is 6.42 Å². The number of phenols is 2. The third-order valence-corrected chi connectivity index (χ3v) is 1.93. The number of aliphatic carboxylic acids is 1. The topological polar surface area (TPSA) is 110 Å². The Bertz CT molecular complexity index is 366. The zero-order valence-corrected chi connectivity index (χ0v) is 7.71. The van der Waals surface area contributed by atoms with Gasteiger partial charge in [0.1, 0.15) is 6.04 Å². The summed E-state index contributed by atoms with van der Waals surface area (Å²) in [5.41, 5.74) is 2.13. The molecular weight excluding hydrogens is 202 g/mol. The molecule has 1 aromatic rings. The molecule has 0 fully saturated rings. The van der Waals surface area contributed by atoms with Crippen LogP contribution in [0.5, 0.6) is 11.5 Å². The highest BCUT2D eigenvalue weighted by molar-refractivity contribution is 5.73. The fraction of sp³-hybridized carbons (Fsp3) is 0.222. The number of hydroxylamine groups is 1. The molecule has 1 atom stereocenters. The average Bonchev–Trinajstić information content (AvgIpc) is 2.19. The van der Waals surface area contributed by atoms with Crippen molar-refractivity contribution in [3.05, 3.63) is 23.8 Å². The van der Waals surface area contributed by atoms with E-state index in [0.717, 1.165) is 0 Å². The van der Waals surface area contributed by atoms with E-state index >= 15 is 0 Å². The fourth-order valence-electron chi connectivity index (χ4n) is 1.12. The first kappa shape index (κ1) is 11.3. The number of aromatic hydroxyl groups is 2. The van der Waals surface area contributed by atoms with Crippen LogP contribution in [0.3, 0.4) is 0 Å². The van der Waals surface area contributed by atoms with Crippen LogP contribution in [0.2, 0.25) is 0 Å². The predicted octanol–water partition coefficient (Wildman–Crippen LogP) is 0.0723. The molecule has 0 aromatic heterocycles. The zero-order chi connectivity index (χ0) is 11.4. The monoisotopic (exact) mass is 213 g/mol. The lowest BCUT2D eigenvalue weighted by molar-refractivity contribution is -0.142. The zero-order valence-electron chi connectivity index (χ0n) is 7.71. The summed E-state index contributed by atoms with van der Waals surface area (Å²) in [5.74, 6) is -1.80. The van der Waals surface area contributed by atoms with Crippen molar-refractivity contribution in [1.82, 2.24) is 5.48 Å². The Balaban J connectivity index is 2.80. The molecule has 0 aliphatic carbocycles. The molecule has 15 heavy (non-hydrogen) atoms. The largest absolute Gasteiger partial charge is 0.504 e. The van der Waals surface area contributed by atoms with Crippen LogP contribution < -0.4 is 5.48 Å². The molecule has 5 N–H and O–H groups in total. The maximum absolute atomic E-state index is 10.6. The predicted molar refractivity (Wildman–Crippen MR) is 49.8 cm³/mol. The minimum Gasteiger partial charge on any atom is -0.504 e. The van der Waals surface area contributed by atoms with Gasteiger partial charge in [-0.3, -0.25) is 4.79 Å². The number of nitrogens with one attached hydrogen (secondary N) is 1. The van der Waals surface area contributed by atoms with E-state index < -0.39 is 12.0 Å². The lowest BCUT2D eigenvalue weighted by atomic mass is 10.1. The van der Waals surface area contributed by atoms with E-state index in [0.29, 0.717) is 5.56 Å². The van der Waals surface area contributed by atoms with Crippen molar-refractivity contribution in [3.8, 4) is 11.5 Å². The van der Waals surface area contributed by atoms with Crippen molar-refractivity contribution >= 4 is 5.97 Å². The van der Waals surface area contributed by atoms with Crippen molar-refractivity contribution in [2.75, 3.05) is 0 Å². The number of hydrogen-bond donors (Lipinski definition) is 5. The van der Waals surface area contributed by atoms with Gasteiger partial charge in [-0.15, -0.1) is 0 Å². The smallest absolute Gasteiger partial charge is 0.323 e. The van der Waals surface area contributed by atoms with Crippen molar-refractivity contribution < 1.29 is 25.3 Å². The van der Waals surface area contributed by atoms with Gasteiger partial charge in [0.25, 0.3) is 0 Å². The van der Waals surface area contributed by atoms with Gasteiger partial charge < -0.3 is 20.5 Å². The highest BCUT2D eigenvalue weighted by Crippen LogP contribution is 2.25. The van der Waals surface area contributed by atoms with Crippen LogP contribution in [0.25, 0.3) is 0 Å². The Kier molecular flexibility index (Phi) is 3.48. The van der Waals surface area contributed by atoms with Gasteiger partial charge in [-0.2, -0.15) is 5.48 Å². The first-order valence-corrected chi connectivity index (χ1v) is 4.18. The number of carboxylic acids is 1. The summed E-state index contributed by atoms with van der Waals surface area (Å²) in [6, 6.07) is 2.81. The Labute approximate surface area is 85.4 Å². The molecule has 0 spiro atoms. The van der Waals surface area contributed by atoms with Crippen LogP contribution in [0, 0.1) is 0 Å². The van der Waals surface area contributed by atoms with Crippen LogP contribution in [0.4, 0.5) is 0 Å². The molecule has 1 aromatic carbocycles. The summed E-state index contributed by atoms with van der Waals surface area (Å²) in [6.45, 7) is 0. The minimum absolute atomic E-state index is 0.000324. The van der Waals surface area contributed by atoms with Crippen molar-refractivity contribution in [2.24, 2.45) is 0 Å². The molecule has 6 heteroatoms. The lowest BCUT2D eigenvalue weighted by Gasteiger charge is -2.10. The third kappa shape index (κ3) is 2.83. The number of benzene rings is 1. The molecule has 0 aliphatic rings. The molecule has 1 rings (SSSR count). The van der Waals surface area contributed by atoms with E-state index in [4.69, 9.17) is 20.5 Å². The molecule has 82 valence electrons. The van der Waals surface area contributed by atoms with Crippen LogP contribution >= 0.6 is 0 Å². The Morgan fingerprint density at radius 1 is 1.33 bits per heavy atom. The number of rotatable bonds is 4. The summed E-state index contributed by atoms with van der Waals surface area (Å²) >= 11 is 0. The van der Waals surface area contributed by atoms with Gasteiger partial charge >= 0.3 is 5.97 Å². The van der Waals surface area contributed by atoms with Crippen molar-refractivity contribution in [2.45, 2.75) is 12.5 Å². The lowest BCUT2D eigenvalue weighted by Crippen LogP contribution is -2.36. The number of carboxylic acid groups (broad SMARTS) is 1. The summed E-state index contributed by atoms with van der Waals surface area (Å²) in [6.07, 6.45) is -0.000324. The highest BCUT2D eigenvalue weighted by atomic mass is 16.5. The molecule has 0 saturated carbocycles. The first-order valence-electron chi connectivity index (χ1n) is 4.18. The van der Waals surface area contributed by atoms with Gasteiger partial charge in [-0.25, -0.2) is 0 Å². The van der Waals surface area contributed by atoms with Crippen molar-refractivity contribution in [1.29, 1.82) is 0 Å². The minimum atomic E-state index is -1.20. The molecule has 6 nitrogen and oxygen atoms in total. The summed E-state index contributed by atoms with van der Waals surface area (Å²) < 4.78 is 0. The summed E-state index contributed by atoms with van der Waals surface area (Å²) in [7, 11) is 0. The average molecular weight is 213 g/mol. The quantitative estimate of drug-likeness (QED) is 0.357. The Hall–Kier alpha value is -1.79. The normalized spacial score (nSPS) is 12.3. The molecule has 0 aliphatic heterocycles. The van der Waals surface area contributed by atoms with Gasteiger partial charge in [0.15, 0.2) is 11.5 Å². The van der Waals surface area contributed by atoms with Gasteiger partial charge in [-0.1, -0.05) is 6.07 Å². The summed E-state index contributed by atoms with van der Waals surface area (Å²) in [4.78, 5) is 10.6. The molecule has 0 amide bonds. The molecule has 1 unspecified atom stereocenters. The standard InChI is InChI=1S/C9H11NO5/c11-7-2-1-5(4-8(7)12)3-6(10-15)9(13)14/h1-2,4,6,10-12,15H,3H2,(H,13,14). The number of carbonyl (C=O) groups is 1. The first-order chi connectivity index (χ1) is 7.04. The maximum atomic E-state index is 10.6. The molecule has 0 saturated heterocycles. The summed E-state index contributed by atoms with van der Waals surface area (Å²) in [5, 5.41) is 35.3. The molecular formula is C9H11NO5. The van der Waals surface area contributed by atoms with Crippen LogP contribution in [-0.4, -0.2) is 32.5 Å². The van der Waals surface area contributed by atoms with Crippen molar-refractivity contribution in [3.63, 3.8) is 0 Å². The highest BCUT2D eigenvalue weighted by Gasteiger charge is 2.17.